The molecule has 3 aromatic carbocycles. The molecule has 1 aliphatic rings. The normalized spacial score (nSPS) is 16.6. The molecule has 0 unspecified atom stereocenters. The van der Waals surface area contributed by atoms with Crippen LogP contribution in [0.2, 0.25) is 0 Å². The van der Waals surface area contributed by atoms with Crippen LogP contribution in [-0.2, 0) is 0 Å². The molecular formula is C33H37P. The SMILES string of the molecule is CC1=C(/C=C/C(C)=C/C=P(c2ccccc2)(c2ccccc2)c2ccccc2)C(C)(C)CCC1. The highest BCUT2D eigenvalue weighted by Crippen LogP contribution is 2.44. The molecule has 1 heteroatoms. The van der Waals surface area contributed by atoms with Crippen molar-refractivity contribution in [3.63, 3.8) is 0 Å². The molecule has 0 fully saturated rings. The number of allylic oxidation sites excluding steroid dienone is 6. The zero-order valence-corrected chi connectivity index (χ0v) is 21.9. The van der Waals surface area contributed by atoms with Crippen LogP contribution in [-0.4, -0.2) is 5.80 Å². The van der Waals surface area contributed by atoms with E-state index in [1.807, 2.05) is 0 Å². The summed E-state index contributed by atoms with van der Waals surface area (Å²) in [5, 5.41) is 4.15. The van der Waals surface area contributed by atoms with Crippen molar-refractivity contribution >= 4 is 28.6 Å². The van der Waals surface area contributed by atoms with Crippen LogP contribution in [0.4, 0.5) is 0 Å². The first-order chi connectivity index (χ1) is 16.4. The van der Waals surface area contributed by atoms with E-state index in [1.165, 1.54) is 46.3 Å². The molecule has 0 bridgehead atoms. The first-order valence-electron chi connectivity index (χ1n) is 12.4. The van der Waals surface area contributed by atoms with E-state index in [-0.39, 0.29) is 5.41 Å². The fourth-order valence-corrected chi connectivity index (χ4v) is 9.00. The molecule has 174 valence electrons. The van der Waals surface area contributed by atoms with Gasteiger partial charge in [0.25, 0.3) is 0 Å². The van der Waals surface area contributed by atoms with Crippen molar-refractivity contribution in [2.75, 3.05) is 0 Å². The van der Waals surface area contributed by atoms with Crippen LogP contribution in [0.25, 0.3) is 0 Å². The molecule has 0 radical (unpaired) electrons. The van der Waals surface area contributed by atoms with Gasteiger partial charge in [0.2, 0.25) is 0 Å². The average molecular weight is 465 g/mol. The zero-order valence-electron chi connectivity index (χ0n) is 21.0. The van der Waals surface area contributed by atoms with Gasteiger partial charge in [-0.15, -0.1) is 0 Å². The molecule has 3 aromatic rings. The third kappa shape index (κ3) is 5.13. The minimum atomic E-state index is -1.95. The topological polar surface area (TPSA) is 0 Å². The lowest BCUT2D eigenvalue weighted by molar-refractivity contribution is 0.377. The van der Waals surface area contributed by atoms with Crippen molar-refractivity contribution in [1.29, 1.82) is 0 Å². The summed E-state index contributed by atoms with van der Waals surface area (Å²) in [6.07, 6.45) is 10.8. The summed E-state index contributed by atoms with van der Waals surface area (Å²) in [5.41, 5.74) is 4.61. The molecule has 0 nitrogen and oxygen atoms in total. The molecule has 34 heavy (non-hydrogen) atoms. The Bertz CT molecular complexity index is 1140. The van der Waals surface area contributed by atoms with E-state index in [1.54, 1.807) is 5.57 Å². The maximum absolute atomic E-state index is 2.50. The van der Waals surface area contributed by atoms with Gasteiger partial charge < -0.3 is 0 Å². The molecule has 4 rings (SSSR count). The van der Waals surface area contributed by atoms with Gasteiger partial charge in [0.05, 0.1) is 0 Å². The van der Waals surface area contributed by atoms with Crippen LogP contribution in [0.15, 0.2) is 126 Å². The molecule has 0 aliphatic heterocycles. The van der Waals surface area contributed by atoms with E-state index in [0.29, 0.717) is 0 Å². The summed E-state index contributed by atoms with van der Waals surface area (Å²) in [6, 6.07) is 33.1. The maximum atomic E-state index is 2.50. The lowest BCUT2D eigenvalue weighted by Crippen LogP contribution is -2.26. The van der Waals surface area contributed by atoms with Crippen LogP contribution >= 0.6 is 6.89 Å². The predicted molar refractivity (Wildman–Crippen MR) is 154 cm³/mol. The number of hydrogen-bond donors (Lipinski definition) is 0. The van der Waals surface area contributed by atoms with E-state index in [4.69, 9.17) is 0 Å². The van der Waals surface area contributed by atoms with E-state index < -0.39 is 6.89 Å². The average Bonchev–Trinajstić information content (AvgIpc) is 2.86. The fourth-order valence-electron chi connectivity index (χ4n) is 5.20. The molecule has 0 aromatic heterocycles. The summed E-state index contributed by atoms with van der Waals surface area (Å²) in [4.78, 5) is 0. The van der Waals surface area contributed by atoms with Crippen LogP contribution in [0.3, 0.4) is 0 Å². The Labute approximate surface area is 206 Å². The molecular weight excluding hydrogens is 427 g/mol. The Kier molecular flexibility index (Phi) is 7.60. The van der Waals surface area contributed by atoms with Gasteiger partial charge in [-0.25, -0.2) is 0 Å². The number of rotatable bonds is 6. The first-order valence-corrected chi connectivity index (χ1v) is 14.3. The number of hydrogen-bond acceptors (Lipinski definition) is 0. The molecule has 0 atom stereocenters. The Morgan fingerprint density at radius 1 is 0.765 bits per heavy atom. The van der Waals surface area contributed by atoms with Crippen molar-refractivity contribution in [2.45, 2.75) is 47.0 Å². The quantitative estimate of drug-likeness (QED) is 0.258. The van der Waals surface area contributed by atoms with Crippen molar-refractivity contribution in [3.8, 4) is 0 Å². The van der Waals surface area contributed by atoms with Crippen molar-refractivity contribution in [2.24, 2.45) is 5.41 Å². The predicted octanol–water partition coefficient (Wildman–Crippen LogP) is 7.81. The molecule has 0 amide bonds. The Morgan fingerprint density at radius 3 is 1.68 bits per heavy atom. The zero-order chi connectivity index (χ0) is 24.0. The highest BCUT2D eigenvalue weighted by molar-refractivity contribution is 7.94. The Balaban J connectivity index is 1.87. The summed E-state index contributed by atoms with van der Waals surface area (Å²) < 4.78 is 0. The van der Waals surface area contributed by atoms with Crippen LogP contribution in [0, 0.1) is 5.41 Å². The monoisotopic (exact) mass is 464 g/mol. The van der Waals surface area contributed by atoms with Gasteiger partial charge in [-0.3, -0.25) is 0 Å². The van der Waals surface area contributed by atoms with Gasteiger partial charge in [-0.05, 0) is 66.9 Å². The smallest absolute Gasteiger partial charge is 0.0104 e. The van der Waals surface area contributed by atoms with Crippen molar-refractivity contribution in [3.05, 3.63) is 126 Å². The highest BCUT2D eigenvalue weighted by Gasteiger charge is 2.26. The van der Waals surface area contributed by atoms with E-state index in [2.05, 4.69) is 143 Å². The Hall–Kier alpha value is -2.82. The standard InChI is InChI=1S/C33H37P/c1-27(22-23-32-28(2)15-14-25-33(32,3)4)24-26-34(29-16-8-5-9-17-29,30-18-10-6-11-19-30)31-20-12-7-13-21-31/h5-13,16-24,26H,14-15,25H2,1-4H3/b23-22+,27-24+. The minimum absolute atomic E-state index is 0.262. The lowest BCUT2D eigenvalue weighted by Gasteiger charge is -2.33. The van der Waals surface area contributed by atoms with E-state index in [0.717, 1.165) is 0 Å². The molecule has 0 saturated heterocycles. The lowest BCUT2D eigenvalue weighted by atomic mass is 9.72. The summed E-state index contributed by atoms with van der Waals surface area (Å²) in [6.45, 7) is 7.36. The van der Waals surface area contributed by atoms with Crippen LogP contribution < -0.4 is 15.9 Å². The molecule has 0 spiro atoms. The van der Waals surface area contributed by atoms with Gasteiger partial charge in [0.1, 0.15) is 0 Å². The van der Waals surface area contributed by atoms with Gasteiger partial charge in [-0.2, -0.15) is 0 Å². The van der Waals surface area contributed by atoms with Crippen LogP contribution in [0.5, 0.6) is 0 Å². The van der Waals surface area contributed by atoms with Gasteiger partial charge in [0.15, 0.2) is 0 Å². The third-order valence-corrected chi connectivity index (χ3v) is 11.0. The highest BCUT2D eigenvalue weighted by atomic mass is 31.2. The maximum Gasteiger partial charge on any atom is -0.0104 e. The molecule has 1 aliphatic carbocycles. The van der Waals surface area contributed by atoms with Crippen molar-refractivity contribution in [1.82, 2.24) is 0 Å². The second-order valence-corrected chi connectivity index (χ2v) is 13.3. The number of benzene rings is 3. The summed E-state index contributed by atoms with van der Waals surface area (Å²) in [5.74, 6) is 2.50. The summed E-state index contributed by atoms with van der Waals surface area (Å²) in [7, 11) is 0. The largest absolute Gasteiger partial charge is 0.0696 e. The second-order valence-electron chi connectivity index (χ2n) is 10.1. The van der Waals surface area contributed by atoms with Gasteiger partial charge in [-0.1, -0.05) is 140 Å². The second kappa shape index (κ2) is 10.6. The van der Waals surface area contributed by atoms with Crippen molar-refractivity contribution < 1.29 is 0 Å². The third-order valence-electron chi connectivity index (χ3n) is 7.11. The fraction of sp³-hybridized carbons (Fsp3) is 0.242. The molecule has 0 N–H and O–H groups in total. The summed E-state index contributed by atoms with van der Waals surface area (Å²) >= 11 is 0. The first kappa shape index (κ1) is 24.3. The van der Waals surface area contributed by atoms with Gasteiger partial charge >= 0.3 is 0 Å². The Morgan fingerprint density at radius 2 is 1.24 bits per heavy atom. The van der Waals surface area contributed by atoms with Gasteiger partial charge in [0, 0.05) is 0 Å². The van der Waals surface area contributed by atoms with Crippen LogP contribution in [0.1, 0.15) is 47.0 Å². The van der Waals surface area contributed by atoms with E-state index >= 15 is 0 Å². The molecule has 0 heterocycles. The van der Waals surface area contributed by atoms with E-state index in [9.17, 15) is 0 Å². The molecule has 0 saturated carbocycles. The minimum Gasteiger partial charge on any atom is -0.0696 e.